The Labute approximate surface area is 144 Å². The van der Waals surface area contributed by atoms with E-state index in [1.165, 1.54) is 5.56 Å². The number of nitrogens with two attached hydrogens (primary N) is 1. The lowest BCUT2D eigenvalue weighted by Gasteiger charge is -2.22. The summed E-state index contributed by atoms with van der Waals surface area (Å²) in [6, 6.07) is 4.15. The van der Waals surface area contributed by atoms with E-state index in [0.29, 0.717) is 19.6 Å². The van der Waals surface area contributed by atoms with Crippen LogP contribution in [0.4, 0.5) is 5.69 Å². The van der Waals surface area contributed by atoms with Crippen LogP contribution in [0.3, 0.4) is 0 Å². The summed E-state index contributed by atoms with van der Waals surface area (Å²) in [7, 11) is 0. The third-order valence-electron chi connectivity index (χ3n) is 4.08. The summed E-state index contributed by atoms with van der Waals surface area (Å²) >= 11 is 0. The van der Waals surface area contributed by atoms with Gasteiger partial charge in [-0.15, -0.1) is 12.4 Å². The van der Waals surface area contributed by atoms with E-state index >= 15 is 0 Å². The molecular formula is C17H26ClN3O2. The molecule has 23 heavy (non-hydrogen) atoms. The minimum atomic E-state index is -0.273. The molecule has 1 fully saturated rings. The fourth-order valence-electron chi connectivity index (χ4n) is 3.16. The van der Waals surface area contributed by atoms with Gasteiger partial charge < -0.3 is 16.0 Å². The van der Waals surface area contributed by atoms with Crippen LogP contribution in [0, 0.1) is 26.7 Å². The van der Waals surface area contributed by atoms with Crippen LogP contribution in [0.5, 0.6) is 0 Å². The van der Waals surface area contributed by atoms with Crippen LogP contribution in [-0.4, -0.2) is 31.4 Å². The van der Waals surface area contributed by atoms with Crippen LogP contribution in [0.1, 0.15) is 29.5 Å². The first-order chi connectivity index (χ1) is 10.4. The lowest BCUT2D eigenvalue weighted by Crippen LogP contribution is -2.34. The molecule has 0 bridgehead atoms. The number of nitrogens with zero attached hydrogens (tertiary/aromatic N) is 1. The molecule has 0 aromatic heterocycles. The van der Waals surface area contributed by atoms with E-state index in [9.17, 15) is 9.59 Å². The molecule has 5 nitrogen and oxygen atoms in total. The quantitative estimate of drug-likeness (QED) is 0.804. The molecule has 2 amide bonds. The molecule has 1 aliphatic rings. The molecule has 0 aliphatic carbocycles. The van der Waals surface area contributed by atoms with Crippen molar-refractivity contribution in [1.82, 2.24) is 5.32 Å². The molecule has 0 saturated carbocycles. The van der Waals surface area contributed by atoms with Crippen LogP contribution >= 0.6 is 12.4 Å². The highest BCUT2D eigenvalue weighted by molar-refractivity contribution is 6.01. The number of anilines is 1. The predicted molar refractivity (Wildman–Crippen MR) is 95.0 cm³/mol. The summed E-state index contributed by atoms with van der Waals surface area (Å²) in [5, 5.41) is 2.86. The van der Waals surface area contributed by atoms with Crippen LogP contribution in [-0.2, 0) is 9.59 Å². The number of nitrogens with one attached hydrogen (secondary N) is 1. The standard InChI is InChI=1S/C17H25N3O2.ClH/c1-11-7-12(2)16(13(3)8-11)20-10-14(9-15(20)21)17(22)19-6-4-5-18;/h7-8,14H,4-6,9-10,18H2,1-3H3,(H,19,22);1H. The highest BCUT2D eigenvalue weighted by atomic mass is 35.5. The molecule has 1 atom stereocenters. The smallest absolute Gasteiger partial charge is 0.227 e. The number of hydrogen-bond donors (Lipinski definition) is 2. The van der Waals surface area contributed by atoms with Crippen molar-refractivity contribution in [2.24, 2.45) is 11.7 Å². The number of hydrogen-bond acceptors (Lipinski definition) is 3. The molecule has 128 valence electrons. The van der Waals surface area contributed by atoms with Gasteiger partial charge in [-0.25, -0.2) is 0 Å². The molecule has 2 rings (SSSR count). The van der Waals surface area contributed by atoms with Gasteiger partial charge in [-0.05, 0) is 44.9 Å². The minimum Gasteiger partial charge on any atom is -0.356 e. The molecule has 6 heteroatoms. The van der Waals surface area contributed by atoms with E-state index in [0.717, 1.165) is 23.2 Å². The number of halogens is 1. The lowest BCUT2D eigenvalue weighted by atomic mass is 10.0. The van der Waals surface area contributed by atoms with Gasteiger partial charge in [0.2, 0.25) is 11.8 Å². The maximum atomic E-state index is 12.3. The fourth-order valence-corrected chi connectivity index (χ4v) is 3.16. The Morgan fingerprint density at radius 1 is 1.30 bits per heavy atom. The molecule has 1 aliphatic heterocycles. The van der Waals surface area contributed by atoms with Crippen LogP contribution in [0.25, 0.3) is 0 Å². The first-order valence-electron chi connectivity index (χ1n) is 7.80. The van der Waals surface area contributed by atoms with Crippen molar-refractivity contribution in [2.75, 3.05) is 24.5 Å². The average molecular weight is 340 g/mol. The number of carbonyl (C=O) groups is 2. The summed E-state index contributed by atoms with van der Waals surface area (Å²) in [6.07, 6.45) is 1.04. The summed E-state index contributed by atoms with van der Waals surface area (Å²) in [5.74, 6) is -0.300. The number of aryl methyl sites for hydroxylation is 3. The highest BCUT2D eigenvalue weighted by Gasteiger charge is 2.36. The van der Waals surface area contributed by atoms with Gasteiger partial charge in [0.05, 0.1) is 5.92 Å². The average Bonchev–Trinajstić information content (AvgIpc) is 2.80. The molecule has 3 N–H and O–H groups in total. The van der Waals surface area contributed by atoms with Gasteiger partial charge in [-0.1, -0.05) is 17.7 Å². The fraction of sp³-hybridized carbons (Fsp3) is 0.529. The van der Waals surface area contributed by atoms with Crippen LogP contribution in [0.2, 0.25) is 0 Å². The maximum Gasteiger partial charge on any atom is 0.227 e. The topological polar surface area (TPSA) is 75.4 Å². The van der Waals surface area contributed by atoms with E-state index in [1.54, 1.807) is 4.90 Å². The number of carbonyl (C=O) groups excluding carboxylic acids is 2. The summed E-state index contributed by atoms with van der Waals surface area (Å²) < 4.78 is 0. The van der Waals surface area contributed by atoms with E-state index in [-0.39, 0.29) is 36.6 Å². The minimum absolute atomic E-state index is 0. The largest absolute Gasteiger partial charge is 0.356 e. The lowest BCUT2D eigenvalue weighted by molar-refractivity contribution is -0.126. The monoisotopic (exact) mass is 339 g/mol. The zero-order valence-electron chi connectivity index (χ0n) is 14.0. The zero-order chi connectivity index (χ0) is 16.3. The predicted octanol–water partition coefficient (Wildman–Crippen LogP) is 1.85. The Kier molecular flexibility index (Phi) is 7.03. The van der Waals surface area contributed by atoms with E-state index in [1.807, 2.05) is 20.8 Å². The molecule has 1 heterocycles. The van der Waals surface area contributed by atoms with E-state index in [2.05, 4.69) is 17.4 Å². The molecule has 1 aromatic rings. The second kappa shape index (κ2) is 8.31. The van der Waals surface area contributed by atoms with Gasteiger partial charge in [-0.3, -0.25) is 9.59 Å². The molecule has 1 saturated heterocycles. The maximum absolute atomic E-state index is 12.3. The van der Waals surface area contributed by atoms with Crippen molar-refractivity contribution in [2.45, 2.75) is 33.6 Å². The molecule has 0 spiro atoms. The van der Waals surface area contributed by atoms with Crippen molar-refractivity contribution in [3.05, 3.63) is 28.8 Å². The Morgan fingerprint density at radius 2 is 1.91 bits per heavy atom. The van der Waals surface area contributed by atoms with Crippen molar-refractivity contribution in [3.8, 4) is 0 Å². The van der Waals surface area contributed by atoms with Crippen molar-refractivity contribution >= 4 is 29.9 Å². The Hall–Kier alpha value is -1.59. The summed E-state index contributed by atoms with van der Waals surface area (Å²) in [5.41, 5.74) is 9.71. The summed E-state index contributed by atoms with van der Waals surface area (Å²) in [4.78, 5) is 26.2. The Bertz CT molecular complexity index is 566. The normalized spacial score (nSPS) is 17.1. The Balaban J connectivity index is 0.00000264. The van der Waals surface area contributed by atoms with Crippen molar-refractivity contribution in [1.29, 1.82) is 0 Å². The SMILES string of the molecule is Cc1cc(C)c(N2CC(C(=O)NCCCN)CC2=O)c(C)c1.Cl. The van der Waals surface area contributed by atoms with E-state index < -0.39 is 0 Å². The first-order valence-corrected chi connectivity index (χ1v) is 7.80. The number of rotatable bonds is 5. The van der Waals surface area contributed by atoms with Crippen LogP contribution in [0.15, 0.2) is 12.1 Å². The van der Waals surface area contributed by atoms with Gasteiger partial charge in [0.15, 0.2) is 0 Å². The second-order valence-electron chi connectivity index (χ2n) is 6.09. The van der Waals surface area contributed by atoms with Gasteiger partial charge in [0, 0.05) is 25.2 Å². The van der Waals surface area contributed by atoms with Gasteiger partial charge >= 0.3 is 0 Å². The third kappa shape index (κ3) is 4.45. The van der Waals surface area contributed by atoms with Gasteiger partial charge in [0.25, 0.3) is 0 Å². The van der Waals surface area contributed by atoms with Crippen molar-refractivity contribution in [3.63, 3.8) is 0 Å². The first kappa shape index (κ1) is 19.5. The van der Waals surface area contributed by atoms with Crippen molar-refractivity contribution < 1.29 is 9.59 Å². The molecular weight excluding hydrogens is 314 g/mol. The number of amides is 2. The zero-order valence-corrected chi connectivity index (χ0v) is 14.8. The Morgan fingerprint density at radius 3 is 2.48 bits per heavy atom. The van der Waals surface area contributed by atoms with E-state index in [4.69, 9.17) is 5.73 Å². The molecule has 1 aromatic carbocycles. The molecule has 1 unspecified atom stereocenters. The van der Waals surface area contributed by atoms with Gasteiger partial charge in [-0.2, -0.15) is 0 Å². The third-order valence-corrected chi connectivity index (χ3v) is 4.08. The second-order valence-corrected chi connectivity index (χ2v) is 6.09. The highest BCUT2D eigenvalue weighted by Crippen LogP contribution is 2.31. The van der Waals surface area contributed by atoms with Crippen LogP contribution < -0.4 is 16.0 Å². The summed E-state index contributed by atoms with van der Waals surface area (Å²) in [6.45, 7) is 7.65. The molecule has 0 radical (unpaired) electrons. The number of benzene rings is 1. The van der Waals surface area contributed by atoms with Gasteiger partial charge in [0.1, 0.15) is 0 Å².